The minimum absolute atomic E-state index is 1.18. The number of rotatable bonds is 2. The fourth-order valence-corrected chi connectivity index (χ4v) is 6.50. The summed E-state index contributed by atoms with van der Waals surface area (Å²) in [7, 11) is 2.22. The third kappa shape index (κ3) is 3.02. The van der Waals surface area contributed by atoms with Crippen molar-refractivity contribution in [3.8, 4) is 0 Å². The molecule has 0 fully saturated rings. The van der Waals surface area contributed by atoms with E-state index in [2.05, 4.69) is 73.2 Å². The second-order valence-electron chi connectivity index (χ2n) is 5.72. The molecule has 0 aliphatic rings. The smallest absolute Gasteiger partial charge is 0.101 e. The Morgan fingerprint density at radius 2 is 1.42 bits per heavy atom. The van der Waals surface area contributed by atoms with Gasteiger partial charge in [-0.25, -0.2) is 0 Å². The highest BCUT2D eigenvalue weighted by atomic mass is 32.1. The van der Waals surface area contributed by atoms with Gasteiger partial charge >= 0.3 is 0 Å². The highest BCUT2D eigenvalue weighted by Crippen LogP contribution is 2.40. The van der Waals surface area contributed by atoms with Crippen molar-refractivity contribution >= 4 is 71.4 Å². The Labute approximate surface area is 154 Å². The van der Waals surface area contributed by atoms with Gasteiger partial charge < -0.3 is 0 Å². The first-order valence-corrected chi connectivity index (χ1v) is 10.7. The van der Waals surface area contributed by atoms with E-state index in [1.165, 1.54) is 47.9 Å². The van der Waals surface area contributed by atoms with Crippen LogP contribution < -0.4 is 0 Å². The Morgan fingerprint density at radius 1 is 0.750 bits per heavy atom. The number of thiophene rings is 3. The van der Waals surface area contributed by atoms with Crippen LogP contribution in [0.25, 0.3) is 29.6 Å². The number of benzene rings is 2. The van der Waals surface area contributed by atoms with Crippen molar-refractivity contribution in [2.45, 2.75) is 12.7 Å². The third-order valence-corrected chi connectivity index (χ3v) is 7.46. The van der Waals surface area contributed by atoms with Crippen molar-refractivity contribution in [3.63, 3.8) is 0 Å². The van der Waals surface area contributed by atoms with Gasteiger partial charge in [-0.15, -0.1) is 34.0 Å². The zero-order valence-electron chi connectivity index (χ0n) is 13.5. The molecule has 5 rings (SSSR count). The summed E-state index contributed by atoms with van der Waals surface area (Å²) in [5, 5.41) is 7.10. The lowest BCUT2D eigenvalue weighted by atomic mass is 9.94. The standard InChI is InChI=1S/C12H13B.C8H4S3/c13-9-8-11-6-3-5-10-4-1-2-7-12(10)11;1-3-9-7-5(1)11-6-2-4-10-8(6)7/h1-7H,8-9,13H2;1-4H. The monoisotopic (exact) mass is 364 g/mol. The molecule has 0 radical (unpaired) electrons. The lowest BCUT2D eigenvalue weighted by molar-refractivity contribution is 1.15. The Balaban J connectivity index is 0.000000123. The van der Waals surface area contributed by atoms with E-state index in [1.54, 1.807) is 0 Å². The van der Waals surface area contributed by atoms with Crippen molar-refractivity contribution < 1.29 is 0 Å². The molecule has 4 heteroatoms. The molecule has 0 nitrogen and oxygen atoms in total. The van der Waals surface area contributed by atoms with Crippen LogP contribution in [-0.4, -0.2) is 7.85 Å². The van der Waals surface area contributed by atoms with Crippen LogP contribution in [0.4, 0.5) is 0 Å². The van der Waals surface area contributed by atoms with Crippen LogP contribution in [0, 0.1) is 0 Å². The van der Waals surface area contributed by atoms with Gasteiger partial charge in [0.25, 0.3) is 0 Å². The van der Waals surface area contributed by atoms with Gasteiger partial charge in [-0.3, -0.25) is 0 Å². The molecule has 0 aliphatic heterocycles. The van der Waals surface area contributed by atoms with Gasteiger partial charge in [0, 0.05) is 9.40 Å². The van der Waals surface area contributed by atoms with E-state index in [0.717, 1.165) is 0 Å². The van der Waals surface area contributed by atoms with Crippen LogP contribution in [0.2, 0.25) is 6.32 Å². The molecule has 0 amide bonds. The van der Waals surface area contributed by atoms with Gasteiger partial charge in [0.2, 0.25) is 0 Å². The summed E-state index contributed by atoms with van der Waals surface area (Å²) in [6.07, 6.45) is 2.40. The Morgan fingerprint density at radius 3 is 2.12 bits per heavy atom. The normalized spacial score (nSPS) is 11.0. The first-order chi connectivity index (χ1) is 11.9. The van der Waals surface area contributed by atoms with Crippen molar-refractivity contribution in [2.75, 3.05) is 0 Å². The zero-order chi connectivity index (χ0) is 16.4. The van der Waals surface area contributed by atoms with E-state index in [1.807, 2.05) is 34.0 Å². The van der Waals surface area contributed by atoms with Gasteiger partial charge in [0.05, 0.1) is 9.40 Å². The minimum atomic E-state index is 1.18. The molecule has 5 aromatic rings. The average Bonchev–Trinajstić information content (AvgIpc) is 3.30. The molecule has 0 bridgehead atoms. The van der Waals surface area contributed by atoms with Crippen LogP contribution in [0.3, 0.4) is 0 Å². The lowest BCUT2D eigenvalue weighted by Gasteiger charge is -2.03. The van der Waals surface area contributed by atoms with Crippen LogP contribution in [0.15, 0.2) is 65.4 Å². The largest absolute Gasteiger partial charge is 0.141 e. The number of aryl methyl sites for hydroxylation is 1. The Kier molecular flexibility index (Phi) is 4.70. The summed E-state index contributed by atoms with van der Waals surface area (Å²) in [5.41, 5.74) is 1.47. The fourth-order valence-electron chi connectivity index (χ4n) is 2.99. The summed E-state index contributed by atoms with van der Waals surface area (Å²) in [6.45, 7) is 0. The van der Waals surface area contributed by atoms with Crippen LogP contribution in [0.1, 0.15) is 5.56 Å². The maximum atomic E-state index is 2.23. The maximum Gasteiger partial charge on any atom is 0.101 e. The molecule has 3 aromatic heterocycles. The Bertz CT molecular complexity index is 1030. The molecule has 0 unspecified atom stereocenters. The second kappa shape index (κ2) is 7.10. The minimum Gasteiger partial charge on any atom is -0.141 e. The predicted octanol–water partition coefficient (Wildman–Crippen LogP) is 6.61. The van der Waals surface area contributed by atoms with Gasteiger partial charge in [-0.05, 0) is 45.6 Å². The van der Waals surface area contributed by atoms with Crippen LogP contribution in [-0.2, 0) is 6.42 Å². The number of fused-ring (bicyclic) bond motifs is 4. The van der Waals surface area contributed by atoms with Gasteiger partial charge in [-0.1, -0.05) is 48.8 Å². The molecular weight excluding hydrogens is 347 g/mol. The van der Waals surface area contributed by atoms with Crippen LogP contribution >= 0.6 is 34.0 Å². The summed E-state index contributed by atoms with van der Waals surface area (Å²) in [5.74, 6) is 0. The van der Waals surface area contributed by atoms with Gasteiger partial charge in [0.15, 0.2) is 0 Å². The highest BCUT2D eigenvalue weighted by Gasteiger charge is 2.05. The molecule has 3 heterocycles. The molecular formula is C20H17BS3. The summed E-state index contributed by atoms with van der Waals surface area (Å²) in [6, 6.07) is 19.6. The van der Waals surface area contributed by atoms with Crippen molar-refractivity contribution in [2.24, 2.45) is 0 Å². The van der Waals surface area contributed by atoms with Crippen molar-refractivity contribution in [1.29, 1.82) is 0 Å². The number of hydrogen-bond acceptors (Lipinski definition) is 3. The first-order valence-electron chi connectivity index (χ1n) is 8.16. The van der Waals surface area contributed by atoms with E-state index in [-0.39, 0.29) is 0 Å². The number of hydrogen-bond donors (Lipinski definition) is 0. The van der Waals surface area contributed by atoms with Crippen LogP contribution in [0.5, 0.6) is 0 Å². The molecule has 0 N–H and O–H groups in total. The van der Waals surface area contributed by atoms with E-state index in [9.17, 15) is 0 Å². The molecule has 0 saturated heterocycles. The molecule has 0 atom stereocenters. The van der Waals surface area contributed by atoms with Gasteiger partial charge in [0.1, 0.15) is 7.85 Å². The van der Waals surface area contributed by atoms with Gasteiger partial charge in [-0.2, -0.15) is 0 Å². The fraction of sp³-hybridized carbons (Fsp3) is 0.100. The molecule has 0 aliphatic carbocycles. The quantitative estimate of drug-likeness (QED) is 0.309. The van der Waals surface area contributed by atoms with E-state index in [4.69, 9.17) is 0 Å². The third-order valence-electron chi connectivity index (χ3n) is 4.08. The lowest BCUT2D eigenvalue weighted by Crippen LogP contribution is -1.85. The molecule has 2 aromatic carbocycles. The van der Waals surface area contributed by atoms with E-state index >= 15 is 0 Å². The van der Waals surface area contributed by atoms with E-state index in [0.29, 0.717) is 0 Å². The second-order valence-corrected chi connectivity index (χ2v) is 8.63. The predicted molar refractivity (Wildman–Crippen MR) is 116 cm³/mol. The zero-order valence-corrected chi connectivity index (χ0v) is 15.9. The molecule has 118 valence electrons. The first kappa shape index (κ1) is 15.9. The molecule has 0 saturated carbocycles. The Hall–Kier alpha value is -1.62. The molecule has 0 spiro atoms. The topological polar surface area (TPSA) is 0 Å². The van der Waals surface area contributed by atoms with Crippen molar-refractivity contribution in [3.05, 3.63) is 70.9 Å². The average molecular weight is 364 g/mol. The maximum absolute atomic E-state index is 2.23. The molecule has 24 heavy (non-hydrogen) atoms. The van der Waals surface area contributed by atoms with Crippen molar-refractivity contribution in [1.82, 2.24) is 0 Å². The SMILES string of the molecule is BCCc1cccc2ccccc12.c1cc2sc3ccsc3c2s1. The highest BCUT2D eigenvalue weighted by molar-refractivity contribution is 7.37. The summed E-state index contributed by atoms with van der Waals surface area (Å²) in [4.78, 5) is 0. The van der Waals surface area contributed by atoms with E-state index < -0.39 is 0 Å². The summed E-state index contributed by atoms with van der Waals surface area (Å²) < 4.78 is 5.83. The summed E-state index contributed by atoms with van der Waals surface area (Å²) >= 11 is 5.59.